The summed E-state index contributed by atoms with van der Waals surface area (Å²) < 4.78 is 23.0. The zero-order valence-corrected chi connectivity index (χ0v) is 11.9. The largest absolute Gasteiger partial charge is 0.469 e. The number of nitrogens with two attached hydrogens (primary N) is 1. The van der Waals surface area contributed by atoms with E-state index in [1.807, 2.05) is 0 Å². The lowest BCUT2D eigenvalue weighted by atomic mass is 10.2. The van der Waals surface area contributed by atoms with Crippen molar-refractivity contribution in [3.05, 3.63) is 12.7 Å². The molecule has 1 aliphatic rings. The Hall–Kier alpha value is -1.58. The highest BCUT2D eigenvalue weighted by Crippen LogP contribution is 2.43. The summed E-state index contributed by atoms with van der Waals surface area (Å²) in [5.41, 5.74) is 6.66. The summed E-state index contributed by atoms with van der Waals surface area (Å²) in [5.74, 6) is 0.257. The molecule has 3 atom stereocenters. The number of nitrogen functional groups attached to an aromatic ring is 1. The summed E-state index contributed by atoms with van der Waals surface area (Å²) in [6, 6.07) is 0. The van der Waals surface area contributed by atoms with Crippen LogP contribution in [0.5, 0.6) is 0 Å². The van der Waals surface area contributed by atoms with E-state index in [2.05, 4.69) is 15.0 Å². The molecule has 1 fully saturated rings. The summed E-state index contributed by atoms with van der Waals surface area (Å²) in [6.07, 6.45) is 1.41. The maximum atomic E-state index is 10.9. The van der Waals surface area contributed by atoms with Crippen LogP contribution in [0.3, 0.4) is 0 Å². The van der Waals surface area contributed by atoms with E-state index in [0.29, 0.717) is 11.2 Å². The number of rotatable bonds is 3. The summed E-state index contributed by atoms with van der Waals surface area (Å²) in [7, 11) is -4.56. The van der Waals surface area contributed by atoms with E-state index in [9.17, 15) is 4.57 Å². The number of ether oxygens (including phenoxy) is 1. The summed E-state index contributed by atoms with van der Waals surface area (Å²) >= 11 is 0. The average Bonchev–Trinajstić information content (AvgIpc) is 2.93. The van der Waals surface area contributed by atoms with E-state index < -0.39 is 26.3 Å². The Labute approximate surface area is 119 Å². The van der Waals surface area contributed by atoms with Crippen LogP contribution < -0.4 is 5.73 Å². The predicted octanol–water partition coefficient (Wildman–Crippen LogP) is 0.194. The van der Waals surface area contributed by atoms with Gasteiger partial charge in [-0.15, -0.1) is 0 Å². The van der Waals surface area contributed by atoms with Crippen LogP contribution in [0.1, 0.15) is 19.6 Å². The first kappa shape index (κ1) is 14.4. The van der Waals surface area contributed by atoms with Crippen LogP contribution in [0.25, 0.3) is 11.2 Å². The van der Waals surface area contributed by atoms with Gasteiger partial charge in [-0.2, -0.15) is 0 Å². The van der Waals surface area contributed by atoms with Crippen LogP contribution >= 0.6 is 7.82 Å². The minimum Gasteiger partial charge on any atom is -0.382 e. The quantitative estimate of drug-likeness (QED) is 0.675. The first-order chi connectivity index (χ1) is 9.85. The molecule has 0 spiro atoms. The van der Waals surface area contributed by atoms with Gasteiger partial charge in [0.1, 0.15) is 18.1 Å². The van der Waals surface area contributed by atoms with Gasteiger partial charge in [-0.3, -0.25) is 9.09 Å². The average molecular weight is 315 g/mol. The third kappa shape index (κ3) is 2.76. The van der Waals surface area contributed by atoms with Gasteiger partial charge in [0.25, 0.3) is 0 Å². The van der Waals surface area contributed by atoms with Gasteiger partial charge in [0.15, 0.2) is 11.5 Å². The van der Waals surface area contributed by atoms with Crippen molar-refractivity contribution in [2.45, 2.75) is 31.8 Å². The molecular formula is C10H14N5O5P. The highest BCUT2D eigenvalue weighted by atomic mass is 31.2. The van der Waals surface area contributed by atoms with E-state index in [1.54, 1.807) is 11.5 Å². The van der Waals surface area contributed by atoms with Gasteiger partial charge in [0.2, 0.25) is 0 Å². The van der Waals surface area contributed by atoms with Crippen molar-refractivity contribution in [1.82, 2.24) is 19.5 Å². The topological polar surface area (TPSA) is 146 Å². The Kier molecular flexibility index (Phi) is 3.42. The lowest BCUT2D eigenvalue weighted by Crippen LogP contribution is -2.19. The maximum absolute atomic E-state index is 10.9. The van der Waals surface area contributed by atoms with Crippen LogP contribution in [-0.2, 0) is 13.8 Å². The normalized spacial score (nSPS) is 26.5. The molecule has 4 N–H and O–H groups in total. The predicted molar refractivity (Wildman–Crippen MR) is 70.9 cm³/mol. The Bertz CT molecular complexity index is 715. The number of imidazole rings is 1. The smallest absolute Gasteiger partial charge is 0.382 e. The van der Waals surface area contributed by atoms with Gasteiger partial charge >= 0.3 is 7.82 Å². The van der Waals surface area contributed by atoms with Crippen LogP contribution in [0.2, 0.25) is 0 Å². The van der Waals surface area contributed by atoms with Crippen molar-refractivity contribution in [3.8, 4) is 0 Å². The highest BCUT2D eigenvalue weighted by Gasteiger charge is 2.38. The highest BCUT2D eigenvalue weighted by molar-refractivity contribution is 7.46. The molecule has 11 heteroatoms. The van der Waals surface area contributed by atoms with Crippen molar-refractivity contribution < 1.29 is 23.6 Å². The van der Waals surface area contributed by atoms with Crippen molar-refractivity contribution in [2.75, 3.05) is 5.73 Å². The molecule has 10 nitrogen and oxygen atoms in total. The molecule has 1 aliphatic heterocycles. The third-order valence-corrected chi connectivity index (χ3v) is 3.84. The minimum atomic E-state index is -4.56. The van der Waals surface area contributed by atoms with Crippen molar-refractivity contribution in [2.24, 2.45) is 0 Å². The molecule has 0 radical (unpaired) electrons. The molecule has 3 heterocycles. The van der Waals surface area contributed by atoms with Crippen LogP contribution in [0.4, 0.5) is 5.82 Å². The summed E-state index contributed by atoms with van der Waals surface area (Å²) in [6.45, 7) is 1.68. The van der Waals surface area contributed by atoms with Gasteiger partial charge in [0.05, 0.1) is 18.5 Å². The van der Waals surface area contributed by atoms with Gasteiger partial charge in [-0.1, -0.05) is 0 Å². The molecule has 21 heavy (non-hydrogen) atoms. The van der Waals surface area contributed by atoms with E-state index in [-0.39, 0.29) is 12.2 Å². The molecule has 0 amide bonds. The van der Waals surface area contributed by atoms with Gasteiger partial charge in [-0.05, 0) is 6.92 Å². The van der Waals surface area contributed by atoms with Gasteiger partial charge < -0.3 is 20.3 Å². The van der Waals surface area contributed by atoms with Crippen LogP contribution in [0, 0.1) is 0 Å². The standard InChI is InChI=1S/C10H14N5O5P/c1-5-6(20-21(16,17)18)2-7(19-5)15-4-14-8-9(11)12-3-13-10(8)15/h3-7H,2H2,1H3,(H2,11,12,13)(H2,16,17,18)/t5-,6-,7-/m0/s1. The SMILES string of the molecule is C[C@@H]1O[C@H](n2cnc3c(N)ncnc32)C[C@@H]1OP(=O)(O)O. The van der Waals surface area contributed by atoms with Crippen LogP contribution in [-0.4, -0.2) is 41.5 Å². The Morgan fingerprint density at radius 3 is 2.95 bits per heavy atom. The second-order valence-corrected chi connectivity index (χ2v) is 5.94. The van der Waals surface area contributed by atoms with Crippen LogP contribution in [0.15, 0.2) is 12.7 Å². The Morgan fingerprint density at radius 1 is 1.48 bits per heavy atom. The molecule has 3 rings (SSSR count). The monoisotopic (exact) mass is 315 g/mol. The van der Waals surface area contributed by atoms with E-state index in [1.165, 1.54) is 12.7 Å². The first-order valence-electron chi connectivity index (χ1n) is 6.17. The molecule has 0 bridgehead atoms. The molecule has 0 unspecified atom stereocenters. The zero-order chi connectivity index (χ0) is 15.2. The van der Waals surface area contributed by atoms with Crippen molar-refractivity contribution in [3.63, 3.8) is 0 Å². The van der Waals surface area contributed by atoms with Crippen molar-refractivity contribution in [1.29, 1.82) is 0 Å². The molecule has 114 valence electrons. The van der Waals surface area contributed by atoms with Gasteiger partial charge in [-0.25, -0.2) is 19.5 Å². The third-order valence-electron chi connectivity index (χ3n) is 3.30. The Balaban J connectivity index is 1.88. The molecule has 2 aromatic rings. The fraction of sp³-hybridized carbons (Fsp3) is 0.500. The minimum absolute atomic E-state index is 0.257. The second kappa shape index (κ2) is 5.00. The van der Waals surface area contributed by atoms with E-state index in [0.717, 1.165) is 0 Å². The number of phosphoric ester groups is 1. The molecule has 1 saturated heterocycles. The number of aromatic nitrogens is 4. The molecule has 0 aromatic carbocycles. The fourth-order valence-electron chi connectivity index (χ4n) is 2.35. The molecular weight excluding hydrogens is 301 g/mol. The summed E-state index contributed by atoms with van der Waals surface area (Å²) in [4.78, 5) is 29.9. The van der Waals surface area contributed by atoms with Crippen molar-refractivity contribution >= 4 is 24.8 Å². The van der Waals surface area contributed by atoms with Gasteiger partial charge in [0, 0.05) is 6.42 Å². The molecule has 0 aliphatic carbocycles. The first-order valence-corrected chi connectivity index (χ1v) is 7.70. The molecule has 2 aromatic heterocycles. The lowest BCUT2D eigenvalue weighted by molar-refractivity contribution is -0.00649. The number of hydrogen-bond acceptors (Lipinski definition) is 7. The number of phosphoric acid groups is 1. The zero-order valence-electron chi connectivity index (χ0n) is 11.0. The lowest BCUT2D eigenvalue weighted by Gasteiger charge is -2.14. The summed E-state index contributed by atoms with van der Waals surface area (Å²) in [5, 5.41) is 0. The number of nitrogens with zero attached hydrogens (tertiary/aromatic N) is 4. The number of hydrogen-bond donors (Lipinski definition) is 3. The maximum Gasteiger partial charge on any atom is 0.469 e. The van der Waals surface area contributed by atoms with E-state index in [4.69, 9.17) is 24.8 Å². The second-order valence-electron chi connectivity index (χ2n) is 4.75. The Morgan fingerprint density at radius 2 is 2.24 bits per heavy atom. The molecule has 0 saturated carbocycles. The van der Waals surface area contributed by atoms with E-state index >= 15 is 0 Å². The fourth-order valence-corrected chi connectivity index (χ4v) is 2.96. The number of fused-ring (bicyclic) bond motifs is 1. The number of anilines is 1.